The molecule has 100 valence electrons. The van der Waals surface area contributed by atoms with Crippen LogP contribution in [0.15, 0.2) is 22.7 Å². The fraction of sp³-hybridized carbons (Fsp3) is 0.385. The highest BCUT2D eigenvalue weighted by atomic mass is 79.9. The van der Waals surface area contributed by atoms with E-state index < -0.39 is 0 Å². The van der Waals surface area contributed by atoms with E-state index in [0.717, 1.165) is 35.5 Å². The second kappa shape index (κ2) is 5.28. The summed E-state index contributed by atoms with van der Waals surface area (Å²) in [6, 6.07) is 4.97. The van der Waals surface area contributed by atoms with E-state index in [1.807, 2.05) is 6.07 Å². The summed E-state index contributed by atoms with van der Waals surface area (Å²) in [5, 5.41) is 11.4. The lowest BCUT2D eigenvalue weighted by Crippen LogP contribution is -2.15. The van der Waals surface area contributed by atoms with E-state index in [4.69, 9.17) is 0 Å². The molecule has 0 fully saturated rings. The predicted octanol–water partition coefficient (Wildman–Crippen LogP) is 3.13. The van der Waals surface area contributed by atoms with Gasteiger partial charge in [-0.1, -0.05) is 15.9 Å². The van der Waals surface area contributed by atoms with Gasteiger partial charge in [-0.3, -0.25) is 0 Å². The molecule has 1 aromatic heterocycles. The van der Waals surface area contributed by atoms with Crippen LogP contribution in [-0.4, -0.2) is 14.8 Å². The number of fused-ring (bicyclic) bond motifs is 1. The second-order valence-electron chi connectivity index (χ2n) is 4.62. The van der Waals surface area contributed by atoms with Crippen LogP contribution >= 0.6 is 15.9 Å². The summed E-state index contributed by atoms with van der Waals surface area (Å²) in [6.07, 6.45) is 3.32. The quantitative estimate of drug-likeness (QED) is 0.943. The van der Waals surface area contributed by atoms with Gasteiger partial charge < -0.3 is 9.88 Å². The number of nitrogens with zero attached hydrogens (tertiary/aromatic N) is 3. The van der Waals surface area contributed by atoms with Crippen molar-refractivity contribution in [1.29, 1.82) is 0 Å². The van der Waals surface area contributed by atoms with Crippen molar-refractivity contribution >= 4 is 21.6 Å². The van der Waals surface area contributed by atoms with E-state index in [0.29, 0.717) is 12.2 Å². The van der Waals surface area contributed by atoms with Gasteiger partial charge in [-0.15, -0.1) is 10.2 Å². The number of aryl methyl sites for hydroxylation is 1. The number of anilines is 1. The standard InChI is InChI=1S/C13H14BrFN4/c14-9-4-5-11(10(15)7-9)16-8-13-18-17-12-3-1-2-6-19(12)13/h4-5,7,16H,1-3,6,8H2. The second-order valence-corrected chi connectivity index (χ2v) is 5.53. The molecule has 6 heteroatoms. The fourth-order valence-electron chi connectivity index (χ4n) is 2.31. The SMILES string of the molecule is Fc1cc(Br)ccc1NCc1nnc2n1CCCC2. The molecule has 1 aromatic carbocycles. The van der Waals surface area contributed by atoms with Crippen molar-refractivity contribution in [2.24, 2.45) is 0 Å². The van der Waals surface area contributed by atoms with Crippen LogP contribution in [0.4, 0.5) is 10.1 Å². The highest BCUT2D eigenvalue weighted by Crippen LogP contribution is 2.20. The van der Waals surface area contributed by atoms with Crippen LogP contribution in [0.3, 0.4) is 0 Å². The molecular formula is C13H14BrFN4. The van der Waals surface area contributed by atoms with Gasteiger partial charge in [0.1, 0.15) is 11.6 Å². The molecule has 0 saturated heterocycles. The van der Waals surface area contributed by atoms with Crippen LogP contribution in [-0.2, 0) is 19.5 Å². The zero-order valence-corrected chi connectivity index (χ0v) is 12.0. The molecule has 1 aliphatic rings. The van der Waals surface area contributed by atoms with Gasteiger partial charge in [0.15, 0.2) is 5.82 Å². The number of aromatic nitrogens is 3. The highest BCUT2D eigenvalue weighted by Gasteiger charge is 2.15. The summed E-state index contributed by atoms with van der Waals surface area (Å²) in [7, 11) is 0. The van der Waals surface area contributed by atoms with Crippen molar-refractivity contribution in [2.45, 2.75) is 32.4 Å². The lowest BCUT2D eigenvalue weighted by Gasteiger charge is -2.15. The molecule has 0 aliphatic carbocycles. The van der Waals surface area contributed by atoms with Crippen LogP contribution in [0, 0.1) is 5.82 Å². The molecule has 4 nitrogen and oxygen atoms in total. The Morgan fingerprint density at radius 1 is 1.32 bits per heavy atom. The zero-order chi connectivity index (χ0) is 13.2. The van der Waals surface area contributed by atoms with Gasteiger partial charge in [0.2, 0.25) is 0 Å². The minimum Gasteiger partial charge on any atom is -0.375 e. The molecule has 0 unspecified atom stereocenters. The molecular weight excluding hydrogens is 311 g/mol. The number of hydrogen-bond acceptors (Lipinski definition) is 3. The number of hydrogen-bond donors (Lipinski definition) is 1. The first-order valence-electron chi connectivity index (χ1n) is 6.34. The van der Waals surface area contributed by atoms with Crippen LogP contribution in [0.25, 0.3) is 0 Å². The third kappa shape index (κ3) is 2.63. The highest BCUT2D eigenvalue weighted by molar-refractivity contribution is 9.10. The van der Waals surface area contributed by atoms with Crippen LogP contribution in [0.5, 0.6) is 0 Å². The van der Waals surface area contributed by atoms with E-state index in [9.17, 15) is 4.39 Å². The monoisotopic (exact) mass is 324 g/mol. The minimum atomic E-state index is -0.271. The van der Waals surface area contributed by atoms with Crippen LogP contribution < -0.4 is 5.32 Å². The van der Waals surface area contributed by atoms with Gasteiger partial charge in [0, 0.05) is 17.4 Å². The summed E-state index contributed by atoms with van der Waals surface area (Å²) >= 11 is 3.24. The molecule has 0 bridgehead atoms. The maximum Gasteiger partial charge on any atom is 0.152 e. The van der Waals surface area contributed by atoms with E-state index in [1.165, 1.54) is 12.5 Å². The van der Waals surface area contributed by atoms with E-state index in [-0.39, 0.29) is 5.82 Å². The summed E-state index contributed by atoms with van der Waals surface area (Å²) in [6.45, 7) is 1.45. The molecule has 0 atom stereocenters. The molecule has 3 rings (SSSR count). The number of nitrogens with one attached hydrogen (secondary N) is 1. The van der Waals surface area contributed by atoms with Gasteiger partial charge in [-0.05, 0) is 31.0 Å². The fourth-order valence-corrected chi connectivity index (χ4v) is 2.64. The maximum atomic E-state index is 13.7. The van der Waals surface area contributed by atoms with Gasteiger partial charge in [-0.2, -0.15) is 0 Å². The zero-order valence-electron chi connectivity index (χ0n) is 10.4. The topological polar surface area (TPSA) is 42.7 Å². The molecule has 0 saturated carbocycles. The smallest absolute Gasteiger partial charge is 0.152 e. The number of benzene rings is 1. The molecule has 1 N–H and O–H groups in total. The number of halogens is 2. The molecule has 19 heavy (non-hydrogen) atoms. The van der Waals surface area contributed by atoms with Crippen molar-refractivity contribution in [2.75, 3.05) is 5.32 Å². The summed E-state index contributed by atoms with van der Waals surface area (Å²) in [4.78, 5) is 0. The summed E-state index contributed by atoms with van der Waals surface area (Å²) in [5.41, 5.74) is 0.483. The first kappa shape index (κ1) is 12.6. The van der Waals surface area contributed by atoms with Crippen molar-refractivity contribution in [1.82, 2.24) is 14.8 Å². The van der Waals surface area contributed by atoms with Crippen molar-refractivity contribution in [3.8, 4) is 0 Å². The number of rotatable bonds is 3. The largest absolute Gasteiger partial charge is 0.375 e. The molecule has 0 amide bonds. The molecule has 0 spiro atoms. The van der Waals surface area contributed by atoms with Crippen LogP contribution in [0.1, 0.15) is 24.5 Å². The van der Waals surface area contributed by atoms with Crippen molar-refractivity contribution < 1.29 is 4.39 Å². The normalized spacial score (nSPS) is 14.2. The van der Waals surface area contributed by atoms with Gasteiger partial charge in [-0.25, -0.2) is 4.39 Å². The Morgan fingerprint density at radius 2 is 2.21 bits per heavy atom. The van der Waals surface area contributed by atoms with Crippen LogP contribution in [0.2, 0.25) is 0 Å². The molecule has 1 aliphatic heterocycles. The van der Waals surface area contributed by atoms with Gasteiger partial charge >= 0.3 is 0 Å². The van der Waals surface area contributed by atoms with Gasteiger partial charge in [0.25, 0.3) is 0 Å². The van der Waals surface area contributed by atoms with E-state index in [1.54, 1.807) is 6.07 Å². The third-order valence-electron chi connectivity index (χ3n) is 3.30. The molecule has 2 heterocycles. The van der Waals surface area contributed by atoms with E-state index >= 15 is 0 Å². The Balaban J connectivity index is 1.74. The maximum absolute atomic E-state index is 13.7. The Labute approximate surface area is 119 Å². The Kier molecular flexibility index (Phi) is 3.50. The van der Waals surface area contributed by atoms with E-state index in [2.05, 4.69) is 36.0 Å². The van der Waals surface area contributed by atoms with Crippen molar-refractivity contribution in [3.63, 3.8) is 0 Å². The Morgan fingerprint density at radius 3 is 3.05 bits per heavy atom. The minimum absolute atomic E-state index is 0.271. The summed E-state index contributed by atoms with van der Waals surface area (Å²) < 4.78 is 16.5. The summed E-state index contributed by atoms with van der Waals surface area (Å²) in [5.74, 6) is 1.64. The predicted molar refractivity (Wildman–Crippen MR) is 74.4 cm³/mol. The lowest BCUT2D eigenvalue weighted by atomic mass is 10.2. The molecule has 2 aromatic rings. The molecule has 0 radical (unpaired) electrons. The Bertz CT molecular complexity index is 596. The first-order chi connectivity index (χ1) is 9.24. The Hall–Kier alpha value is -1.43. The first-order valence-corrected chi connectivity index (χ1v) is 7.13. The van der Waals surface area contributed by atoms with Gasteiger partial charge in [0.05, 0.1) is 12.2 Å². The van der Waals surface area contributed by atoms with Crippen molar-refractivity contribution in [3.05, 3.63) is 40.1 Å². The lowest BCUT2D eigenvalue weighted by molar-refractivity contribution is 0.509. The average molecular weight is 325 g/mol. The average Bonchev–Trinajstić information content (AvgIpc) is 2.81. The third-order valence-corrected chi connectivity index (χ3v) is 3.80.